The third kappa shape index (κ3) is 3.96. The lowest BCUT2D eigenvalue weighted by molar-refractivity contribution is 0.0533. The number of piperazine rings is 1. The Morgan fingerprint density at radius 2 is 1.87 bits per heavy atom. The smallest absolute Gasteiger partial charge is 0.253 e. The predicted molar refractivity (Wildman–Crippen MR) is 88.0 cm³/mol. The van der Waals surface area contributed by atoms with Gasteiger partial charge in [-0.1, -0.05) is 6.07 Å². The highest BCUT2D eigenvalue weighted by molar-refractivity contribution is 7.10. The molecule has 2 aromatic rings. The van der Waals surface area contributed by atoms with Crippen molar-refractivity contribution in [2.75, 3.05) is 32.7 Å². The van der Waals surface area contributed by atoms with Crippen LogP contribution in [0.1, 0.15) is 21.3 Å². The number of hydrogen-bond acceptors (Lipinski definition) is 4. The van der Waals surface area contributed by atoms with Crippen LogP contribution >= 0.6 is 11.3 Å². The molecule has 0 aliphatic carbocycles. The topological polar surface area (TPSA) is 43.8 Å². The maximum Gasteiger partial charge on any atom is 0.253 e. The summed E-state index contributed by atoms with van der Waals surface area (Å²) in [5.41, 5.74) is 0.512. The summed E-state index contributed by atoms with van der Waals surface area (Å²) < 4.78 is 12.9. The number of benzene rings is 1. The van der Waals surface area contributed by atoms with E-state index in [1.165, 1.54) is 24.3 Å². The molecule has 1 fully saturated rings. The predicted octanol–water partition coefficient (Wildman–Crippen LogP) is 2.38. The summed E-state index contributed by atoms with van der Waals surface area (Å²) in [6, 6.07) is 9.52. The van der Waals surface area contributed by atoms with Crippen molar-refractivity contribution < 1.29 is 14.3 Å². The lowest BCUT2D eigenvalue weighted by Crippen LogP contribution is -2.49. The normalized spacial score (nSPS) is 17.2. The third-order valence-electron chi connectivity index (χ3n) is 4.05. The van der Waals surface area contributed by atoms with Crippen LogP contribution in [-0.4, -0.2) is 53.5 Å². The average Bonchev–Trinajstić information content (AvgIpc) is 3.10. The maximum absolute atomic E-state index is 12.9. The number of carbonyl (C=O) groups excluding carboxylic acids is 1. The number of hydrogen-bond donors (Lipinski definition) is 1. The summed E-state index contributed by atoms with van der Waals surface area (Å²) in [5.74, 6) is -0.405. The molecular weight excluding hydrogens is 315 g/mol. The highest BCUT2D eigenvalue weighted by atomic mass is 32.1. The van der Waals surface area contributed by atoms with Gasteiger partial charge in [0.15, 0.2) is 0 Å². The number of aliphatic hydroxyl groups is 1. The molecule has 1 saturated heterocycles. The number of amides is 1. The molecule has 6 heteroatoms. The third-order valence-corrected chi connectivity index (χ3v) is 5.03. The van der Waals surface area contributed by atoms with Crippen molar-refractivity contribution in [3.05, 3.63) is 58.0 Å². The Bertz CT molecular complexity index is 637. The fourth-order valence-electron chi connectivity index (χ4n) is 2.72. The lowest BCUT2D eigenvalue weighted by Gasteiger charge is -2.35. The fourth-order valence-corrected chi connectivity index (χ4v) is 3.43. The minimum atomic E-state index is -0.477. The molecule has 1 aliphatic heterocycles. The summed E-state index contributed by atoms with van der Waals surface area (Å²) in [7, 11) is 0. The van der Waals surface area contributed by atoms with Crippen molar-refractivity contribution in [2.45, 2.75) is 6.10 Å². The standard InChI is InChI=1S/C17H19FN2O2S/c18-14-5-3-13(4-6-14)17(22)20-9-7-19(8-10-20)12-15(21)16-2-1-11-23-16/h1-6,11,15,21H,7-10,12H2/t15-/m0/s1. The van der Waals surface area contributed by atoms with Crippen molar-refractivity contribution in [3.63, 3.8) is 0 Å². The molecule has 1 aromatic heterocycles. The van der Waals surface area contributed by atoms with Crippen LogP contribution in [0.3, 0.4) is 0 Å². The van der Waals surface area contributed by atoms with Crippen LogP contribution < -0.4 is 0 Å². The molecule has 1 aromatic carbocycles. The van der Waals surface area contributed by atoms with Crippen molar-refractivity contribution in [1.82, 2.24) is 9.80 Å². The minimum Gasteiger partial charge on any atom is -0.386 e. The van der Waals surface area contributed by atoms with E-state index >= 15 is 0 Å². The van der Waals surface area contributed by atoms with E-state index in [2.05, 4.69) is 4.90 Å². The van der Waals surface area contributed by atoms with E-state index in [1.807, 2.05) is 17.5 Å². The molecule has 1 atom stereocenters. The second-order valence-corrected chi connectivity index (χ2v) is 6.61. The number of β-amino-alcohol motifs (C(OH)–C–C–N with tert-alkyl or cyclic N) is 1. The SMILES string of the molecule is O=C(c1ccc(F)cc1)N1CCN(C[C@H](O)c2cccs2)CC1. The van der Waals surface area contributed by atoms with Crippen LogP contribution in [0.25, 0.3) is 0 Å². The van der Waals surface area contributed by atoms with Gasteiger partial charge in [-0.15, -0.1) is 11.3 Å². The van der Waals surface area contributed by atoms with E-state index in [9.17, 15) is 14.3 Å². The van der Waals surface area contributed by atoms with Gasteiger partial charge in [0.2, 0.25) is 0 Å². The second kappa shape index (κ2) is 7.21. The number of halogens is 1. The Balaban J connectivity index is 1.52. The van der Waals surface area contributed by atoms with E-state index in [4.69, 9.17) is 0 Å². The Kier molecular flexibility index (Phi) is 5.05. The number of thiophene rings is 1. The van der Waals surface area contributed by atoms with Crippen LogP contribution in [0.5, 0.6) is 0 Å². The van der Waals surface area contributed by atoms with Gasteiger partial charge in [-0.3, -0.25) is 9.69 Å². The molecular formula is C17H19FN2O2S. The molecule has 0 saturated carbocycles. The van der Waals surface area contributed by atoms with Crippen molar-refractivity contribution >= 4 is 17.2 Å². The minimum absolute atomic E-state index is 0.0662. The van der Waals surface area contributed by atoms with Crippen LogP contribution in [0.4, 0.5) is 4.39 Å². The Hall–Kier alpha value is -1.76. The van der Waals surface area contributed by atoms with Gasteiger partial charge >= 0.3 is 0 Å². The van der Waals surface area contributed by atoms with E-state index in [0.29, 0.717) is 25.2 Å². The van der Waals surface area contributed by atoms with Gasteiger partial charge in [0.05, 0.1) is 0 Å². The van der Waals surface area contributed by atoms with Crippen molar-refractivity contribution in [2.24, 2.45) is 0 Å². The van der Waals surface area contributed by atoms with Crippen LogP contribution in [0.2, 0.25) is 0 Å². The van der Waals surface area contributed by atoms with Crippen LogP contribution in [-0.2, 0) is 0 Å². The van der Waals surface area contributed by atoms with Gasteiger partial charge in [-0.25, -0.2) is 4.39 Å². The molecule has 0 spiro atoms. The summed E-state index contributed by atoms with van der Waals surface area (Å²) in [6.07, 6.45) is -0.477. The molecule has 3 rings (SSSR count). The number of rotatable bonds is 4. The number of nitrogens with zero attached hydrogens (tertiary/aromatic N) is 2. The molecule has 23 heavy (non-hydrogen) atoms. The van der Waals surface area contributed by atoms with Gasteiger partial charge < -0.3 is 10.0 Å². The second-order valence-electron chi connectivity index (χ2n) is 5.63. The first-order valence-electron chi connectivity index (χ1n) is 7.62. The number of aliphatic hydroxyl groups excluding tert-OH is 1. The van der Waals surface area contributed by atoms with Gasteiger partial charge in [0, 0.05) is 43.2 Å². The first kappa shape index (κ1) is 16.1. The quantitative estimate of drug-likeness (QED) is 0.934. The van der Waals surface area contributed by atoms with E-state index < -0.39 is 6.10 Å². The molecule has 0 radical (unpaired) electrons. The van der Waals surface area contributed by atoms with E-state index in [-0.39, 0.29) is 11.7 Å². The summed E-state index contributed by atoms with van der Waals surface area (Å²) >= 11 is 1.55. The zero-order valence-corrected chi connectivity index (χ0v) is 13.5. The molecule has 4 nitrogen and oxygen atoms in total. The summed E-state index contributed by atoms with van der Waals surface area (Å²) in [5, 5.41) is 12.1. The largest absolute Gasteiger partial charge is 0.386 e. The van der Waals surface area contributed by atoms with Gasteiger partial charge in [0.25, 0.3) is 5.91 Å². The zero-order chi connectivity index (χ0) is 16.2. The summed E-state index contributed by atoms with van der Waals surface area (Å²) in [4.78, 5) is 17.3. The molecule has 1 amide bonds. The lowest BCUT2D eigenvalue weighted by atomic mass is 10.1. The first-order valence-corrected chi connectivity index (χ1v) is 8.50. The van der Waals surface area contributed by atoms with Gasteiger partial charge in [-0.05, 0) is 35.7 Å². The van der Waals surface area contributed by atoms with Crippen molar-refractivity contribution in [1.29, 1.82) is 0 Å². The molecule has 0 bridgehead atoms. The fraction of sp³-hybridized carbons (Fsp3) is 0.353. The monoisotopic (exact) mass is 334 g/mol. The Labute approximate surface area is 138 Å². The average molecular weight is 334 g/mol. The first-order chi connectivity index (χ1) is 11.1. The van der Waals surface area contributed by atoms with E-state index in [1.54, 1.807) is 16.2 Å². The number of carbonyl (C=O) groups is 1. The molecule has 0 unspecified atom stereocenters. The molecule has 2 heterocycles. The van der Waals surface area contributed by atoms with Crippen LogP contribution in [0.15, 0.2) is 41.8 Å². The zero-order valence-electron chi connectivity index (χ0n) is 12.7. The molecule has 1 N–H and O–H groups in total. The molecule has 122 valence electrons. The maximum atomic E-state index is 12.9. The molecule has 1 aliphatic rings. The van der Waals surface area contributed by atoms with E-state index in [0.717, 1.165) is 18.0 Å². The Morgan fingerprint density at radius 1 is 1.17 bits per heavy atom. The van der Waals surface area contributed by atoms with Gasteiger partial charge in [-0.2, -0.15) is 0 Å². The Morgan fingerprint density at radius 3 is 2.48 bits per heavy atom. The van der Waals surface area contributed by atoms with Crippen LogP contribution in [0, 0.1) is 5.82 Å². The van der Waals surface area contributed by atoms with Gasteiger partial charge in [0.1, 0.15) is 11.9 Å². The summed E-state index contributed by atoms with van der Waals surface area (Å²) in [6.45, 7) is 3.28. The highest BCUT2D eigenvalue weighted by Gasteiger charge is 2.23. The highest BCUT2D eigenvalue weighted by Crippen LogP contribution is 2.20. The van der Waals surface area contributed by atoms with Crippen molar-refractivity contribution in [3.8, 4) is 0 Å².